The topological polar surface area (TPSA) is 68.5 Å². The first-order valence-corrected chi connectivity index (χ1v) is 6.84. The van der Waals surface area contributed by atoms with Crippen molar-refractivity contribution in [3.63, 3.8) is 0 Å². The molecule has 0 saturated carbocycles. The first kappa shape index (κ1) is 15.3. The van der Waals surface area contributed by atoms with Gasteiger partial charge in [0, 0.05) is 32.0 Å². The van der Waals surface area contributed by atoms with Crippen molar-refractivity contribution >= 4 is 17.5 Å². The number of carbonyl (C=O) groups excluding carboxylic acids is 1. The molecule has 0 aliphatic carbocycles. The highest BCUT2D eigenvalue weighted by atomic mass is 35.5. The average Bonchev–Trinajstić information content (AvgIpc) is 2.90. The summed E-state index contributed by atoms with van der Waals surface area (Å²) in [5, 5.41) is 4.45. The second kappa shape index (κ2) is 7.08. The van der Waals surface area contributed by atoms with E-state index in [1.165, 1.54) is 6.92 Å². The van der Waals surface area contributed by atoms with Gasteiger partial charge in [0.05, 0.1) is 0 Å². The summed E-state index contributed by atoms with van der Waals surface area (Å²) in [4.78, 5) is 16.9. The molecule has 1 aromatic heterocycles. The number of likely N-dealkylation sites (N-methyl/N-ethyl adjacent to an activating group) is 1. The Morgan fingerprint density at radius 3 is 3.00 bits per heavy atom. The highest BCUT2D eigenvalue weighted by molar-refractivity contribution is 6.30. The van der Waals surface area contributed by atoms with Crippen LogP contribution in [0.15, 0.2) is 28.8 Å². The number of halogens is 1. The fraction of sp³-hybridized carbons (Fsp3) is 0.357. The number of nitrogens with zero attached hydrogens (tertiary/aromatic N) is 3. The molecule has 7 heteroatoms. The molecule has 0 atom stereocenters. The molecule has 0 N–H and O–H groups in total. The van der Waals surface area contributed by atoms with Gasteiger partial charge in [0.2, 0.25) is 5.91 Å². The van der Waals surface area contributed by atoms with Gasteiger partial charge in [-0.1, -0.05) is 22.8 Å². The van der Waals surface area contributed by atoms with Gasteiger partial charge >= 0.3 is 0 Å². The SMILES string of the molecule is CC(=O)N(C)CCc1noc(COc2cccc(Cl)c2)n1. The first-order valence-electron chi connectivity index (χ1n) is 6.46. The van der Waals surface area contributed by atoms with Gasteiger partial charge in [-0.25, -0.2) is 0 Å². The molecule has 1 heterocycles. The molecule has 0 aliphatic rings. The Morgan fingerprint density at radius 2 is 2.29 bits per heavy atom. The van der Waals surface area contributed by atoms with E-state index in [0.717, 1.165) is 0 Å². The van der Waals surface area contributed by atoms with Gasteiger partial charge in [-0.2, -0.15) is 4.98 Å². The lowest BCUT2D eigenvalue weighted by Gasteiger charge is -2.12. The lowest BCUT2D eigenvalue weighted by atomic mass is 10.3. The maximum Gasteiger partial charge on any atom is 0.264 e. The quantitative estimate of drug-likeness (QED) is 0.819. The molecule has 0 aliphatic heterocycles. The number of ether oxygens (including phenoxy) is 1. The number of aromatic nitrogens is 2. The van der Waals surface area contributed by atoms with Crippen LogP contribution in [0, 0.1) is 0 Å². The summed E-state index contributed by atoms with van der Waals surface area (Å²) in [6.45, 7) is 2.24. The predicted octanol–water partition coefficient (Wildman–Crippen LogP) is 2.32. The zero-order valence-corrected chi connectivity index (χ0v) is 12.6. The van der Waals surface area contributed by atoms with Crippen molar-refractivity contribution in [3.8, 4) is 5.75 Å². The van der Waals surface area contributed by atoms with Gasteiger partial charge in [0.15, 0.2) is 12.4 Å². The Kier molecular flexibility index (Phi) is 5.16. The molecule has 21 heavy (non-hydrogen) atoms. The van der Waals surface area contributed by atoms with E-state index in [2.05, 4.69) is 10.1 Å². The van der Waals surface area contributed by atoms with E-state index in [1.807, 2.05) is 0 Å². The second-order valence-corrected chi connectivity index (χ2v) is 4.98. The van der Waals surface area contributed by atoms with Crippen LogP contribution in [0.2, 0.25) is 5.02 Å². The van der Waals surface area contributed by atoms with E-state index in [-0.39, 0.29) is 12.5 Å². The monoisotopic (exact) mass is 309 g/mol. The van der Waals surface area contributed by atoms with Crippen molar-refractivity contribution in [1.29, 1.82) is 0 Å². The standard InChI is InChI=1S/C14H16ClN3O3/c1-10(19)18(2)7-6-13-16-14(21-17-13)9-20-12-5-3-4-11(15)8-12/h3-5,8H,6-7,9H2,1-2H3. The van der Waals surface area contributed by atoms with Crippen molar-refractivity contribution < 1.29 is 14.1 Å². The highest BCUT2D eigenvalue weighted by Crippen LogP contribution is 2.18. The molecule has 112 valence electrons. The number of amides is 1. The number of rotatable bonds is 6. The maximum atomic E-state index is 11.1. The van der Waals surface area contributed by atoms with Crippen LogP contribution >= 0.6 is 11.6 Å². The van der Waals surface area contributed by atoms with Gasteiger partial charge in [0.1, 0.15) is 5.75 Å². The van der Waals surface area contributed by atoms with E-state index in [1.54, 1.807) is 36.2 Å². The Hall–Kier alpha value is -2.08. The Morgan fingerprint density at radius 1 is 1.48 bits per heavy atom. The second-order valence-electron chi connectivity index (χ2n) is 4.54. The largest absolute Gasteiger partial charge is 0.484 e. The summed E-state index contributed by atoms with van der Waals surface area (Å²) in [7, 11) is 1.73. The van der Waals surface area contributed by atoms with Crippen LogP contribution in [-0.4, -0.2) is 34.5 Å². The van der Waals surface area contributed by atoms with Crippen molar-refractivity contribution in [2.45, 2.75) is 20.0 Å². The average molecular weight is 310 g/mol. The lowest BCUT2D eigenvalue weighted by molar-refractivity contribution is -0.127. The van der Waals surface area contributed by atoms with E-state index < -0.39 is 0 Å². The van der Waals surface area contributed by atoms with Gasteiger partial charge in [0.25, 0.3) is 5.89 Å². The predicted molar refractivity (Wildman–Crippen MR) is 77.1 cm³/mol. The molecular formula is C14H16ClN3O3. The summed E-state index contributed by atoms with van der Waals surface area (Å²) >= 11 is 5.86. The molecule has 1 aromatic carbocycles. The minimum Gasteiger partial charge on any atom is -0.484 e. The molecule has 0 saturated heterocycles. The summed E-state index contributed by atoms with van der Waals surface area (Å²) in [5.74, 6) is 1.57. The van der Waals surface area contributed by atoms with Gasteiger partial charge < -0.3 is 14.2 Å². The number of hydrogen-bond acceptors (Lipinski definition) is 5. The van der Waals surface area contributed by atoms with Crippen LogP contribution < -0.4 is 4.74 Å². The summed E-state index contributed by atoms with van der Waals surface area (Å²) in [5.41, 5.74) is 0. The van der Waals surface area contributed by atoms with Crippen molar-refractivity contribution in [1.82, 2.24) is 15.0 Å². The Balaban J connectivity index is 1.84. The minimum atomic E-state index is 0.00279. The molecule has 2 aromatic rings. The fourth-order valence-corrected chi connectivity index (χ4v) is 1.76. The molecule has 0 spiro atoms. The van der Waals surface area contributed by atoms with Gasteiger partial charge in [-0.15, -0.1) is 0 Å². The zero-order chi connectivity index (χ0) is 15.2. The van der Waals surface area contributed by atoms with E-state index >= 15 is 0 Å². The summed E-state index contributed by atoms with van der Waals surface area (Å²) < 4.78 is 10.6. The third-order valence-electron chi connectivity index (χ3n) is 2.88. The van der Waals surface area contributed by atoms with Crippen LogP contribution in [0.4, 0.5) is 0 Å². The van der Waals surface area contributed by atoms with Gasteiger partial charge in [-0.05, 0) is 18.2 Å². The van der Waals surface area contributed by atoms with E-state index in [4.69, 9.17) is 20.9 Å². The molecular weight excluding hydrogens is 294 g/mol. The normalized spacial score (nSPS) is 10.4. The Bertz CT molecular complexity index is 615. The Labute approximate surface area is 127 Å². The summed E-state index contributed by atoms with van der Waals surface area (Å²) in [6, 6.07) is 7.07. The van der Waals surface area contributed by atoms with Crippen LogP contribution in [-0.2, 0) is 17.8 Å². The molecule has 0 fully saturated rings. The molecule has 1 amide bonds. The lowest BCUT2D eigenvalue weighted by Crippen LogP contribution is -2.26. The van der Waals surface area contributed by atoms with E-state index in [9.17, 15) is 4.79 Å². The molecule has 0 bridgehead atoms. The molecule has 6 nitrogen and oxygen atoms in total. The molecule has 0 radical (unpaired) electrons. The van der Waals surface area contributed by atoms with Gasteiger partial charge in [-0.3, -0.25) is 4.79 Å². The smallest absolute Gasteiger partial charge is 0.264 e. The highest BCUT2D eigenvalue weighted by Gasteiger charge is 2.09. The number of carbonyl (C=O) groups is 1. The number of benzene rings is 1. The molecule has 0 unspecified atom stereocenters. The van der Waals surface area contributed by atoms with Crippen molar-refractivity contribution in [2.75, 3.05) is 13.6 Å². The zero-order valence-electron chi connectivity index (χ0n) is 11.9. The third-order valence-corrected chi connectivity index (χ3v) is 3.11. The minimum absolute atomic E-state index is 0.00279. The first-order chi connectivity index (χ1) is 10.0. The maximum absolute atomic E-state index is 11.1. The van der Waals surface area contributed by atoms with Crippen molar-refractivity contribution in [3.05, 3.63) is 41.0 Å². The van der Waals surface area contributed by atoms with E-state index in [0.29, 0.717) is 35.5 Å². The van der Waals surface area contributed by atoms with Crippen LogP contribution in [0.1, 0.15) is 18.6 Å². The molecule has 2 rings (SSSR count). The van der Waals surface area contributed by atoms with Crippen LogP contribution in [0.3, 0.4) is 0 Å². The number of hydrogen-bond donors (Lipinski definition) is 0. The summed E-state index contributed by atoms with van der Waals surface area (Å²) in [6.07, 6.45) is 0.538. The fourth-order valence-electron chi connectivity index (χ4n) is 1.58. The van der Waals surface area contributed by atoms with Crippen LogP contribution in [0.25, 0.3) is 0 Å². The third kappa shape index (κ3) is 4.75. The van der Waals surface area contributed by atoms with Crippen molar-refractivity contribution in [2.24, 2.45) is 0 Å². The van der Waals surface area contributed by atoms with Crippen LogP contribution in [0.5, 0.6) is 5.75 Å².